The lowest BCUT2D eigenvalue weighted by molar-refractivity contribution is -0.122. The highest BCUT2D eigenvalue weighted by atomic mass is 16.6. The predicted octanol–water partition coefficient (Wildman–Crippen LogP) is 0.681. The van der Waals surface area contributed by atoms with Gasteiger partial charge in [0.2, 0.25) is 11.9 Å². The number of aryl methyl sites for hydroxylation is 1. The molecule has 10 heteroatoms. The summed E-state index contributed by atoms with van der Waals surface area (Å²) in [4.78, 5) is 34.0. The zero-order valence-electron chi connectivity index (χ0n) is 17.9. The van der Waals surface area contributed by atoms with E-state index in [0.29, 0.717) is 12.2 Å². The Labute approximate surface area is 185 Å². The second-order valence-corrected chi connectivity index (χ2v) is 7.20. The van der Waals surface area contributed by atoms with Crippen molar-refractivity contribution in [2.75, 3.05) is 25.0 Å². The van der Waals surface area contributed by atoms with Crippen molar-refractivity contribution < 1.29 is 9.63 Å². The molecule has 10 nitrogen and oxygen atoms in total. The lowest BCUT2D eigenvalue weighted by Gasteiger charge is -2.12. The minimum atomic E-state index is -0.351. The number of nitrogens with zero attached hydrogens (tertiary/aromatic N) is 3. The molecule has 0 aliphatic carbocycles. The van der Waals surface area contributed by atoms with Gasteiger partial charge >= 0.3 is 0 Å². The predicted molar refractivity (Wildman–Crippen MR) is 124 cm³/mol. The largest absolute Gasteiger partial charge is 0.391 e. The molecule has 32 heavy (non-hydrogen) atoms. The van der Waals surface area contributed by atoms with Gasteiger partial charge in [-0.2, -0.15) is 0 Å². The Balaban J connectivity index is 1.56. The minimum absolute atomic E-state index is 0.107. The fraction of sp³-hybridized carbons (Fsp3) is 0.273. The van der Waals surface area contributed by atoms with Crippen molar-refractivity contribution in [1.82, 2.24) is 14.9 Å². The Kier molecular flexibility index (Phi) is 7.63. The zero-order chi connectivity index (χ0) is 22.9. The van der Waals surface area contributed by atoms with Crippen molar-refractivity contribution in [2.24, 2.45) is 16.6 Å². The van der Waals surface area contributed by atoms with Gasteiger partial charge in [0.25, 0.3) is 5.56 Å². The van der Waals surface area contributed by atoms with Crippen molar-refractivity contribution in [3.8, 4) is 0 Å². The molecular formula is C22H27N7O3. The molecule has 2 aromatic carbocycles. The first kappa shape index (κ1) is 22.6. The van der Waals surface area contributed by atoms with E-state index >= 15 is 0 Å². The van der Waals surface area contributed by atoms with Crippen molar-refractivity contribution >= 4 is 28.5 Å². The molecule has 0 radical (unpaired) electrons. The van der Waals surface area contributed by atoms with Crippen LogP contribution >= 0.6 is 0 Å². The standard InChI is InChI=1S/C22H27N7O3/c1-15-13-27-20(21(31)29(15)14-19(30)25-10-11-32-28-22(23)24)26-9-8-16-6-7-17-4-2-3-5-18(17)12-16/h2-7,12-13H,8-11,14H2,1H3,(H,25,30)(H,26,27)(H4,23,24,28). The number of aromatic nitrogens is 2. The van der Waals surface area contributed by atoms with E-state index < -0.39 is 0 Å². The molecule has 0 spiro atoms. The molecule has 0 bridgehead atoms. The number of benzene rings is 2. The summed E-state index contributed by atoms with van der Waals surface area (Å²) in [6.45, 7) is 2.44. The highest BCUT2D eigenvalue weighted by Crippen LogP contribution is 2.16. The number of nitrogens with two attached hydrogens (primary N) is 2. The molecule has 0 aliphatic rings. The number of carbonyl (C=O) groups excluding carboxylic acids is 1. The first-order valence-corrected chi connectivity index (χ1v) is 10.2. The molecule has 3 aromatic rings. The van der Waals surface area contributed by atoms with Gasteiger partial charge in [-0.3, -0.25) is 14.2 Å². The highest BCUT2D eigenvalue weighted by Gasteiger charge is 2.11. The van der Waals surface area contributed by atoms with Crippen LogP contribution in [0.2, 0.25) is 0 Å². The summed E-state index contributed by atoms with van der Waals surface area (Å²) in [5, 5.41) is 11.5. The van der Waals surface area contributed by atoms with Gasteiger partial charge in [0.1, 0.15) is 13.2 Å². The van der Waals surface area contributed by atoms with Crippen LogP contribution in [0.15, 0.2) is 58.6 Å². The molecule has 168 valence electrons. The number of hydrogen-bond acceptors (Lipinski definition) is 6. The SMILES string of the molecule is Cc1cnc(NCCc2ccc3ccccc3c2)c(=O)n1CC(=O)NCCON=C(N)N. The number of hydrogen-bond donors (Lipinski definition) is 4. The van der Waals surface area contributed by atoms with Crippen LogP contribution in [0, 0.1) is 6.92 Å². The summed E-state index contributed by atoms with van der Waals surface area (Å²) in [5.74, 6) is -0.326. The molecule has 0 fully saturated rings. The third-order valence-electron chi connectivity index (χ3n) is 4.76. The van der Waals surface area contributed by atoms with Crippen LogP contribution < -0.4 is 27.7 Å². The van der Waals surface area contributed by atoms with E-state index in [-0.39, 0.29) is 42.9 Å². The second-order valence-electron chi connectivity index (χ2n) is 7.20. The van der Waals surface area contributed by atoms with Gasteiger partial charge < -0.3 is 26.9 Å². The van der Waals surface area contributed by atoms with Gasteiger partial charge in [-0.05, 0) is 34.8 Å². The molecule has 1 amide bonds. The summed E-state index contributed by atoms with van der Waals surface area (Å²) < 4.78 is 1.37. The van der Waals surface area contributed by atoms with Crippen molar-refractivity contribution in [3.05, 3.63) is 70.3 Å². The topological polar surface area (TPSA) is 150 Å². The Morgan fingerprint density at radius 3 is 2.72 bits per heavy atom. The monoisotopic (exact) mass is 437 g/mol. The number of carbonyl (C=O) groups is 1. The molecule has 0 saturated carbocycles. The summed E-state index contributed by atoms with van der Waals surface area (Å²) >= 11 is 0. The third-order valence-corrected chi connectivity index (χ3v) is 4.76. The molecule has 1 heterocycles. The van der Waals surface area contributed by atoms with E-state index in [0.717, 1.165) is 12.0 Å². The number of amides is 1. The van der Waals surface area contributed by atoms with Crippen LogP contribution in [0.25, 0.3) is 10.8 Å². The third kappa shape index (κ3) is 6.21. The summed E-state index contributed by atoms with van der Waals surface area (Å²) in [7, 11) is 0. The maximum atomic E-state index is 12.8. The first-order valence-electron chi connectivity index (χ1n) is 10.2. The van der Waals surface area contributed by atoms with Gasteiger partial charge in [0.05, 0.1) is 6.54 Å². The van der Waals surface area contributed by atoms with E-state index in [1.165, 1.54) is 15.3 Å². The van der Waals surface area contributed by atoms with Crippen molar-refractivity contribution in [3.63, 3.8) is 0 Å². The van der Waals surface area contributed by atoms with Gasteiger partial charge in [-0.15, -0.1) is 0 Å². The van der Waals surface area contributed by atoms with Gasteiger partial charge in [-0.1, -0.05) is 42.5 Å². The Morgan fingerprint density at radius 2 is 1.94 bits per heavy atom. The van der Waals surface area contributed by atoms with E-state index in [1.54, 1.807) is 13.1 Å². The van der Waals surface area contributed by atoms with E-state index in [2.05, 4.69) is 51.1 Å². The van der Waals surface area contributed by atoms with Crippen LogP contribution in [-0.4, -0.2) is 41.1 Å². The average Bonchev–Trinajstić information content (AvgIpc) is 2.77. The van der Waals surface area contributed by atoms with Crippen LogP contribution in [0.5, 0.6) is 0 Å². The number of anilines is 1. The van der Waals surface area contributed by atoms with Gasteiger partial charge in [-0.25, -0.2) is 4.98 Å². The van der Waals surface area contributed by atoms with Crippen molar-refractivity contribution in [2.45, 2.75) is 19.9 Å². The molecule has 6 N–H and O–H groups in total. The fourth-order valence-corrected chi connectivity index (χ4v) is 3.16. The highest BCUT2D eigenvalue weighted by molar-refractivity contribution is 5.83. The van der Waals surface area contributed by atoms with E-state index in [9.17, 15) is 9.59 Å². The maximum Gasteiger partial charge on any atom is 0.293 e. The molecular weight excluding hydrogens is 410 g/mol. The Morgan fingerprint density at radius 1 is 1.16 bits per heavy atom. The second kappa shape index (κ2) is 10.8. The lowest BCUT2D eigenvalue weighted by atomic mass is 10.1. The van der Waals surface area contributed by atoms with Crippen LogP contribution in [-0.2, 0) is 22.6 Å². The Bertz CT molecular complexity index is 1170. The number of nitrogens with one attached hydrogen (secondary N) is 2. The Hall–Kier alpha value is -4.08. The molecule has 0 atom stereocenters. The smallest absolute Gasteiger partial charge is 0.293 e. The normalized spacial score (nSPS) is 10.5. The maximum absolute atomic E-state index is 12.8. The number of rotatable bonds is 10. The van der Waals surface area contributed by atoms with Crippen molar-refractivity contribution in [1.29, 1.82) is 0 Å². The molecule has 0 saturated heterocycles. The fourth-order valence-electron chi connectivity index (χ4n) is 3.16. The quantitative estimate of drug-likeness (QED) is 0.158. The molecule has 1 aromatic heterocycles. The number of oxime groups is 1. The summed E-state index contributed by atoms with van der Waals surface area (Å²) in [6.07, 6.45) is 2.30. The molecule has 0 aliphatic heterocycles. The van der Waals surface area contributed by atoms with Crippen LogP contribution in [0.4, 0.5) is 5.82 Å². The van der Waals surface area contributed by atoms with Gasteiger partial charge in [0, 0.05) is 18.4 Å². The average molecular weight is 438 g/mol. The summed E-state index contributed by atoms with van der Waals surface area (Å²) in [5.41, 5.74) is 11.7. The molecule has 0 unspecified atom stereocenters. The van der Waals surface area contributed by atoms with Crippen LogP contribution in [0.3, 0.4) is 0 Å². The first-order chi connectivity index (χ1) is 15.4. The summed E-state index contributed by atoms with van der Waals surface area (Å²) in [6, 6.07) is 14.5. The van der Waals surface area contributed by atoms with Gasteiger partial charge in [0.15, 0.2) is 5.82 Å². The van der Waals surface area contributed by atoms with E-state index in [4.69, 9.17) is 16.3 Å². The zero-order valence-corrected chi connectivity index (χ0v) is 17.9. The minimum Gasteiger partial charge on any atom is -0.391 e. The van der Waals surface area contributed by atoms with E-state index in [1.807, 2.05) is 12.1 Å². The number of fused-ring (bicyclic) bond motifs is 1. The molecule has 3 rings (SSSR count). The number of guanidine groups is 1. The lowest BCUT2D eigenvalue weighted by Crippen LogP contribution is -2.36. The van der Waals surface area contributed by atoms with Crippen LogP contribution in [0.1, 0.15) is 11.3 Å².